The second-order valence-electron chi connectivity index (χ2n) is 13.2. The molecule has 0 spiro atoms. The van der Waals surface area contributed by atoms with E-state index in [9.17, 15) is 4.79 Å². The molecule has 3 nitrogen and oxygen atoms in total. The van der Waals surface area contributed by atoms with Gasteiger partial charge in [-0.3, -0.25) is 0 Å². The molecule has 0 aliphatic rings. The van der Waals surface area contributed by atoms with Gasteiger partial charge in [-0.1, -0.05) is 89.2 Å². The summed E-state index contributed by atoms with van der Waals surface area (Å²) in [5.41, 5.74) is 8.40. The summed E-state index contributed by atoms with van der Waals surface area (Å²) in [5.74, 6) is -0.912. The van der Waals surface area contributed by atoms with Gasteiger partial charge >= 0.3 is 5.97 Å². The highest BCUT2D eigenvalue weighted by molar-refractivity contribution is 5.87. The third kappa shape index (κ3) is 7.35. The highest BCUT2D eigenvalue weighted by Gasteiger charge is 2.36. The SMILES string of the molecule is Cc1cc(C(C)(C)C)c(C(C)(C)C)c(C(C)(C)C)c1C(C)(C)C.O=C(O)c1ccc(O)cc1. The largest absolute Gasteiger partial charge is 0.508 e. The monoisotopic (exact) mass is 454 g/mol. The van der Waals surface area contributed by atoms with Crippen LogP contribution in [0.4, 0.5) is 0 Å². The Balaban J connectivity index is 0.000000451. The highest BCUT2D eigenvalue weighted by Crippen LogP contribution is 2.46. The van der Waals surface area contributed by atoms with Crippen molar-refractivity contribution >= 4 is 5.97 Å². The number of hydrogen-bond acceptors (Lipinski definition) is 2. The molecular formula is C30H46O3. The molecule has 0 unspecified atom stereocenters. The maximum Gasteiger partial charge on any atom is 0.335 e. The molecular weight excluding hydrogens is 408 g/mol. The van der Waals surface area contributed by atoms with E-state index in [4.69, 9.17) is 10.2 Å². The Labute approximate surface area is 202 Å². The van der Waals surface area contributed by atoms with Crippen molar-refractivity contribution in [1.29, 1.82) is 0 Å². The zero-order chi connectivity index (χ0) is 26.2. The molecule has 0 heterocycles. The Kier molecular flexibility index (Phi) is 8.29. The Bertz CT molecular complexity index is 968. The number of carbonyl (C=O) groups is 1. The van der Waals surface area contributed by atoms with Crippen molar-refractivity contribution in [2.24, 2.45) is 0 Å². The van der Waals surface area contributed by atoms with Gasteiger partial charge in [-0.15, -0.1) is 0 Å². The van der Waals surface area contributed by atoms with Gasteiger partial charge in [-0.25, -0.2) is 4.79 Å². The van der Waals surface area contributed by atoms with Crippen LogP contribution in [0, 0.1) is 6.92 Å². The van der Waals surface area contributed by atoms with E-state index < -0.39 is 5.97 Å². The van der Waals surface area contributed by atoms with Gasteiger partial charge in [0.1, 0.15) is 5.75 Å². The first kappa shape index (κ1) is 28.7. The molecule has 33 heavy (non-hydrogen) atoms. The van der Waals surface area contributed by atoms with Crippen LogP contribution in [0.3, 0.4) is 0 Å². The summed E-state index contributed by atoms with van der Waals surface area (Å²) < 4.78 is 0. The molecule has 0 bridgehead atoms. The van der Waals surface area contributed by atoms with Crippen molar-refractivity contribution in [2.45, 2.75) is 112 Å². The molecule has 184 valence electrons. The van der Waals surface area contributed by atoms with Crippen molar-refractivity contribution in [1.82, 2.24) is 0 Å². The fourth-order valence-electron chi connectivity index (χ4n) is 4.51. The first-order chi connectivity index (χ1) is 14.6. The molecule has 2 aromatic carbocycles. The van der Waals surface area contributed by atoms with E-state index in [1.54, 1.807) is 16.7 Å². The summed E-state index contributed by atoms with van der Waals surface area (Å²) in [6.45, 7) is 30.6. The highest BCUT2D eigenvalue weighted by atomic mass is 16.4. The van der Waals surface area contributed by atoms with Crippen LogP contribution < -0.4 is 0 Å². The van der Waals surface area contributed by atoms with Gasteiger partial charge in [0.2, 0.25) is 0 Å². The second kappa shape index (κ2) is 9.52. The van der Waals surface area contributed by atoms with Crippen molar-refractivity contribution in [3.05, 3.63) is 63.7 Å². The smallest absolute Gasteiger partial charge is 0.335 e. The Morgan fingerprint density at radius 3 is 1.33 bits per heavy atom. The number of rotatable bonds is 1. The lowest BCUT2D eigenvalue weighted by Crippen LogP contribution is -2.32. The van der Waals surface area contributed by atoms with Crippen LogP contribution in [-0.2, 0) is 21.7 Å². The molecule has 0 fully saturated rings. The summed E-state index contributed by atoms with van der Waals surface area (Å²) in [5, 5.41) is 17.1. The van der Waals surface area contributed by atoms with Gasteiger partial charge in [-0.2, -0.15) is 0 Å². The van der Waals surface area contributed by atoms with Crippen molar-refractivity contribution in [3.63, 3.8) is 0 Å². The topological polar surface area (TPSA) is 57.5 Å². The normalized spacial score (nSPS) is 12.8. The summed E-state index contributed by atoms with van der Waals surface area (Å²) in [7, 11) is 0. The van der Waals surface area contributed by atoms with Crippen molar-refractivity contribution < 1.29 is 15.0 Å². The predicted octanol–water partition coefficient (Wildman–Crippen LogP) is 8.28. The van der Waals surface area contributed by atoms with Crippen LogP contribution in [0.25, 0.3) is 0 Å². The summed E-state index contributed by atoms with van der Waals surface area (Å²) in [4.78, 5) is 10.2. The fourth-order valence-corrected chi connectivity index (χ4v) is 4.51. The van der Waals surface area contributed by atoms with Crippen molar-refractivity contribution in [3.8, 4) is 5.75 Å². The predicted molar refractivity (Wildman–Crippen MR) is 141 cm³/mol. The molecule has 0 aliphatic heterocycles. The zero-order valence-electron chi connectivity index (χ0n) is 23.2. The van der Waals surface area contributed by atoms with E-state index in [1.165, 1.54) is 35.4 Å². The average Bonchev–Trinajstić information content (AvgIpc) is 2.58. The number of phenolic OH excluding ortho intramolecular Hbond substituents is 1. The summed E-state index contributed by atoms with van der Waals surface area (Å²) in [6, 6.07) is 7.83. The second-order valence-corrected chi connectivity index (χ2v) is 13.2. The van der Waals surface area contributed by atoms with E-state index in [0.29, 0.717) is 0 Å². The minimum absolute atomic E-state index is 0.0741. The quantitative estimate of drug-likeness (QED) is 0.456. The lowest BCUT2D eigenvalue weighted by atomic mass is 9.63. The standard InChI is InChI=1S/C23H40.C7H6O3/c1-15-14-16(20(2,3)4)18(22(8,9)10)19(23(11,12)13)17(15)21(5,6)7;8-6-3-1-5(2-4-6)7(9)10/h14H,1-13H3;1-4,8H,(H,9,10). The van der Waals surface area contributed by atoms with Gasteiger partial charge in [0, 0.05) is 0 Å². The number of aryl methyl sites for hydroxylation is 1. The van der Waals surface area contributed by atoms with Crippen molar-refractivity contribution in [2.75, 3.05) is 0 Å². The number of carboxylic acid groups (broad SMARTS) is 1. The Hall–Kier alpha value is -2.29. The molecule has 2 rings (SSSR count). The minimum atomic E-state index is -0.986. The van der Waals surface area contributed by atoms with E-state index in [1.807, 2.05) is 0 Å². The van der Waals surface area contributed by atoms with Crippen LogP contribution in [-0.4, -0.2) is 16.2 Å². The third-order valence-electron chi connectivity index (χ3n) is 5.70. The van der Waals surface area contributed by atoms with E-state index in [-0.39, 0.29) is 33.0 Å². The number of aromatic hydroxyl groups is 1. The molecule has 0 aromatic heterocycles. The molecule has 0 aliphatic carbocycles. The molecule has 2 aromatic rings. The molecule has 3 heteroatoms. The molecule has 0 atom stereocenters. The fraction of sp³-hybridized carbons (Fsp3) is 0.567. The Morgan fingerprint density at radius 1 is 0.636 bits per heavy atom. The van der Waals surface area contributed by atoms with E-state index >= 15 is 0 Å². The molecule has 0 radical (unpaired) electrons. The first-order valence-electron chi connectivity index (χ1n) is 11.8. The first-order valence-corrected chi connectivity index (χ1v) is 11.8. The van der Waals surface area contributed by atoms with Gasteiger partial charge < -0.3 is 10.2 Å². The number of phenols is 1. The summed E-state index contributed by atoms with van der Waals surface area (Å²) in [6.07, 6.45) is 0. The lowest BCUT2D eigenvalue weighted by molar-refractivity contribution is 0.0697. The number of hydrogen-bond donors (Lipinski definition) is 2. The maximum absolute atomic E-state index is 10.2. The van der Waals surface area contributed by atoms with Gasteiger partial charge in [0.05, 0.1) is 5.56 Å². The lowest BCUT2D eigenvalue weighted by Gasteiger charge is -2.41. The summed E-state index contributed by atoms with van der Waals surface area (Å²) >= 11 is 0. The van der Waals surface area contributed by atoms with E-state index in [0.717, 1.165) is 0 Å². The average molecular weight is 455 g/mol. The molecule has 0 amide bonds. The van der Waals surface area contributed by atoms with Crippen LogP contribution in [0.5, 0.6) is 5.75 Å². The molecule has 0 saturated heterocycles. The Morgan fingerprint density at radius 2 is 1.03 bits per heavy atom. The van der Waals surface area contributed by atoms with Crippen LogP contribution >= 0.6 is 0 Å². The molecule has 0 saturated carbocycles. The van der Waals surface area contributed by atoms with Crippen LogP contribution in [0.1, 0.15) is 121 Å². The number of carboxylic acids is 1. The number of aromatic carboxylic acids is 1. The van der Waals surface area contributed by atoms with E-state index in [2.05, 4.69) is 96.1 Å². The zero-order valence-corrected chi connectivity index (χ0v) is 23.2. The third-order valence-corrected chi connectivity index (χ3v) is 5.70. The number of benzene rings is 2. The van der Waals surface area contributed by atoms with Gasteiger partial charge in [-0.05, 0) is 80.7 Å². The molecule has 2 N–H and O–H groups in total. The minimum Gasteiger partial charge on any atom is -0.508 e. The van der Waals surface area contributed by atoms with Gasteiger partial charge in [0.15, 0.2) is 0 Å². The van der Waals surface area contributed by atoms with Crippen LogP contribution in [0.15, 0.2) is 30.3 Å². The van der Waals surface area contributed by atoms with Crippen LogP contribution in [0.2, 0.25) is 0 Å². The van der Waals surface area contributed by atoms with Gasteiger partial charge in [0.25, 0.3) is 0 Å². The maximum atomic E-state index is 10.2.